The van der Waals surface area contributed by atoms with Gasteiger partial charge in [-0.15, -0.1) is 24.0 Å². The first kappa shape index (κ1) is 19.0. The molecule has 2 N–H and O–H groups in total. The van der Waals surface area contributed by atoms with Gasteiger partial charge in [0.15, 0.2) is 5.96 Å². The quantitative estimate of drug-likeness (QED) is 0.415. The van der Waals surface area contributed by atoms with Crippen LogP contribution in [0.25, 0.3) is 0 Å². The van der Waals surface area contributed by atoms with Gasteiger partial charge in [0.2, 0.25) is 0 Å². The van der Waals surface area contributed by atoms with Crippen molar-refractivity contribution in [1.82, 2.24) is 10.6 Å². The van der Waals surface area contributed by atoms with Gasteiger partial charge in [-0.3, -0.25) is 4.99 Å². The number of guanidine groups is 1. The molecule has 1 saturated carbocycles. The summed E-state index contributed by atoms with van der Waals surface area (Å²) in [4.78, 5) is 4.46. The van der Waals surface area contributed by atoms with Gasteiger partial charge in [0, 0.05) is 19.0 Å². The van der Waals surface area contributed by atoms with Crippen LogP contribution < -0.4 is 10.6 Å². The van der Waals surface area contributed by atoms with E-state index in [4.69, 9.17) is 4.74 Å². The molecule has 0 spiro atoms. The number of rotatable bonds is 4. The van der Waals surface area contributed by atoms with Gasteiger partial charge in [-0.1, -0.05) is 43.2 Å². The van der Waals surface area contributed by atoms with Crippen molar-refractivity contribution in [2.75, 3.05) is 13.6 Å². The zero-order chi connectivity index (χ0) is 16.4. The molecule has 2 bridgehead atoms. The topological polar surface area (TPSA) is 45.7 Å². The highest BCUT2D eigenvalue weighted by Gasteiger charge is 2.41. The third-order valence-corrected chi connectivity index (χ3v) is 6.19. The lowest BCUT2D eigenvalue weighted by molar-refractivity contribution is 0.0992. The number of fused-ring (bicyclic) bond motifs is 2. The Labute approximate surface area is 168 Å². The SMILES string of the molecule is CN=C(NCC1(c2ccccc2)CCCC1)NC1CC2CCC1O2.I. The minimum absolute atomic E-state index is 0. The van der Waals surface area contributed by atoms with Gasteiger partial charge >= 0.3 is 0 Å². The fourth-order valence-corrected chi connectivity index (χ4v) is 4.82. The summed E-state index contributed by atoms with van der Waals surface area (Å²) in [6.45, 7) is 0.957. The normalized spacial score (nSPS) is 30.1. The molecule has 138 valence electrons. The van der Waals surface area contributed by atoms with E-state index in [0.717, 1.165) is 18.9 Å². The second-order valence-electron chi connectivity index (χ2n) is 7.64. The van der Waals surface area contributed by atoms with Crippen molar-refractivity contribution < 1.29 is 4.74 Å². The van der Waals surface area contributed by atoms with Gasteiger partial charge in [-0.25, -0.2) is 0 Å². The fourth-order valence-electron chi connectivity index (χ4n) is 4.82. The number of nitrogens with one attached hydrogen (secondary N) is 2. The third-order valence-electron chi connectivity index (χ3n) is 6.19. The first-order chi connectivity index (χ1) is 11.8. The van der Waals surface area contributed by atoms with E-state index in [0.29, 0.717) is 18.2 Å². The second kappa shape index (κ2) is 8.25. The minimum atomic E-state index is 0. The molecule has 1 aliphatic carbocycles. The van der Waals surface area contributed by atoms with Crippen molar-refractivity contribution in [3.63, 3.8) is 0 Å². The number of nitrogens with zero attached hydrogens (tertiary/aromatic N) is 1. The minimum Gasteiger partial charge on any atom is -0.373 e. The predicted octanol–water partition coefficient (Wildman–Crippen LogP) is 3.60. The summed E-state index contributed by atoms with van der Waals surface area (Å²) >= 11 is 0. The summed E-state index contributed by atoms with van der Waals surface area (Å²) in [6.07, 6.45) is 9.55. The van der Waals surface area contributed by atoms with Crippen LogP contribution >= 0.6 is 24.0 Å². The molecule has 0 amide bonds. The van der Waals surface area contributed by atoms with Crippen LogP contribution in [0.3, 0.4) is 0 Å². The van der Waals surface area contributed by atoms with Crippen LogP contribution in [-0.4, -0.2) is 37.8 Å². The largest absolute Gasteiger partial charge is 0.373 e. The molecule has 1 aromatic carbocycles. The van der Waals surface area contributed by atoms with E-state index < -0.39 is 0 Å². The second-order valence-corrected chi connectivity index (χ2v) is 7.64. The molecule has 5 heteroatoms. The highest BCUT2D eigenvalue weighted by atomic mass is 127. The first-order valence-electron chi connectivity index (χ1n) is 9.47. The maximum absolute atomic E-state index is 5.95. The molecule has 1 aromatic rings. The molecule has 2 saturated heterocycles. The molecule has 2 aliphatic heterocycles. The molecule has 3 atom stereocenters. The summed E-state index contributed by atoms with van der Waals surface area (Å²) in [5, 5.41) is 7.22. The van der Waals surface area contributed by atoms with Crippen LogP contribution in [0, 0.1) is 0 Å². The van der Waals surface area contributed by atoms with Gasteiger partial charge in [-0.05, 0) is 37.7 Å². The first-order valence-corrected chi connectivity index (χ1v) is 9.47. The van der Waals surface area contributed by atoms with Crippen LogP contribution in [0.15, 0.2) is 35.3 Å². The molecule has 0 radical (unpaired) electrons. The number of aliphatic imine (C=N–C) groups is 1. The maximum atomic E-state index is 5.95. The lowest BCUT2D eigenvalue weighted by Gasteiger charge is -2.31. The molecular formula is C20H30IN3O. The zero-order valence-corrected chi connectivity index (χ0v) is 17.4. The third kappa shape index (κ3) is 3.97. The molecule has 3 fully saturated rings. The van der Waals surface area contributed by atoms with Crippen LogP contribution in [0.1, 0.15) is 50.5 Å². The Balaban J connectivity index is 0.00000182. The molecule has 0 aromatic heterocycles. The van der Waals surface area contributed by atoms with Crippen molar-refractivity contribution in [2.45, 2.75) is 68.6 Å². The van der Waals surface area contributed by atoms with Gasteiger partial charge < -0.3 is 15.4 Å². The maximum Gasteiger partial charge on any atom is 0.191 e. The average molecular weight is 455 g/mol. The standard InChI is InChI=1S/C20H29N3O.HI/c1-21-19(23-17-13-16-9-10-18(17)24-16)22-14-20(11-5-6-12-20)15-7-3-2-4-8-15;/h2-4,7-8,16-18H,5-6,9-14H2,1H3,(H2,21,22,23);1H. The fraction of sp³-hybridized carbons (Fsp3) is 0.650. The van der Waals surface area contributed by atoms with Crippen molar-refractivity contribution >= 4 is 29.9 Å². The van der Waals surface area contributed by atoms with Gasteiger partial charge in [0.25, 0.3) is 0 Å². The number of halogens is 1. The molecular weight excluding hydrogens is 425 g/mol. The predicted molar refractivity (Wildman–Crippen MR) is 113 cm³/mol. The molecule has 2 heterocycles. The average Bonchev–Trinajstić information content (AvgIpc) is 3.36. The van der Waals surface area contributed by atoms with E-state index in [1.165, 1.54) is 44.1 Å². The van der Waals surface area contributed by atoms with Gasteiger partial charge in [0.05, 0.1) is 18.2 Å². The Morgan fingerprint density at radius 2 is 1.96 bits per heavy atom. The summed E-state index contributed by atoms with van der Waals surface area (Å²) in [6, 6.07) is 11.4. The van der Waals surface area contributed by atoms with Crippen molar-refractivity contribution in [2.24, 2.45) is 4.99 Å². The Kier molecular flexibility index (Phi) is 6.25. The summed E-state index contributed by atoms with van der Waals surface area (Å²) in [5.74, 6) is 0.929. The zero-order valence-electron chi connectivity index (χ0n) is 15.0. The Morgan fingerprint density at radius 3 is 2.56 bits per heavy atom. The van der Waals surface area contributed by atoms with Crippen LogP contribution in [-0.2, 0) is 10.2 Å². The summed E-state index contributed by atoms with van der Waals surface area (Å²) in [5.41, 5.74) is 1.72. The van der Waals surface area contributed by atoms with E-state index in [2.05, 4.69) is 46.0 Å². The Bertz CT molecular complexity index is 586. The molecule has 3 unspecified atom stereocenters. The van der Waals surface area contributed by atoms with Crippen molar-refractivity contribution in [1.29, 1.82) is 0 Å². The Morgan fingerprint density at radius 1 is 1.20 bits per heavy atom. The van der Waals surface area contributed by atoms with E-state index in [9.17, 15) is 0 Å². The van der Waals surface area contributed by atoms with E-state index >= 15 is 0 Å². The van der Waals surface area contributed by atoms with Gasteiger partial charge in [-0.2, -0.15) is 0 Å². The summed E-state index contributed by atoms with van der Waals surface area (Å²) in [7, 11) is 1.87. The van der Waals surface area contributed by atoms with E-state index in [1.807, 2.05) is 7.05 Å². The molecule has 3 aliphatic rings. The number of ether oxygens (including phenoxy) is 1. The van der Waals surface area contributed by atoms with Crippen LogP contribution in [0.5, 0.6) is 0 Å². The van der Waals surface area contributed by atoms with Crippen LogP contribution in [0.2, 0.25) is 0 Å². The van der Waals surface area contributed by atoms with Crippen LogP contribution in [0.4, 0.5) is 0 Å². The number of hydrogen-bond donors (Lipinski definition) is 2. The van der Waals surface area contributed by atoms with Gasteiger partial charge in [0.1, 0.15) is 0 Å². The monoisotopic (exact) mass is 455 g/mol. The number of hydrogen-bond acceptors (Lipinski definition) is 2. The van der Waals surface area contributed by atoms with E-state index in [1.54, 1.807) is 0 Å². The van der Waals surface area contributed by atoms with E-state index in [-0.39, 0.29) is 29.4 Å². The highest BCUT2D eigenvalue weighted by molar-refractivity contribution is 14.0. The molecule has 4 rings (SSSR count). The Hall–Kier alpha value is -0.820. The number of benzene rings is 1. The lowest BCUT2D eigenvalue weighted by atomic mass is 9.79. The highest BCUT2D eigenvalue weighted by Crippen LogP contribution is 2.40. The van der Waals surface area contributed by atoms with Crippen molar-refractivity contribution in [3.8, 4) is 0 Å². The van der Waals surface area contributed by atoms with Crippen molar-refractivity contribution in [3.05, 3.63) is 35.9 Å². The molecule has 4 nitrogen and oxygen atoms in total. The summed E-state index contributed by atoms with van der Waals surface area (Å²) < 4.78 is 5.95. The lowest BCUT2D eigenvalue weighted by Crippen LogP contribution is -2.50. The molecule has 25 heavy (non-hydrogen) atoms. The smallest absolute Gasteiger partial charge is 0.191 e.